The van der Waals surface area contributed by atoms with E-state index in [0.717, 1.165) is 13.1 Å². The number of nitrogens with one attached hydrogen (secondary N) is 1. The molecule has 1 aromatic rings. The average Bonchev–Trinajstić information content (AvgIpc) is 2.90. The quantitative estimate of drug-likeness (QED) is 0.800. The van der Waals surface area contributed by atoms with E-state index in [2.05, 4.69) is 27.1 Å². The molecule has 1 aliphatic rings. The number of hydrogen-bond donors (Lipinski definition) is 2. The molecule has 6 heteroatoms. The lowest BCUT2D eigenvalue weighted by Gasteiger charge is -2.23. The van der Waals surface area contributed by atoms with Gasteiger partial charge in [0.15, 0.2) is 0 Å². The van der Waals surface area contributed by atoms with Crippen molar-refractivity contribution in [2.24, 2.45) is 0 Å². The zero-order chi connectivity index (χ0) is 13.0. The van der Waals surface area contributed by atoms with Crippen LogP contribution in [0.4, 0.5) is 5.82 Å². The molecule has 0 spiro atoms. The van der Waals surface area contributed by atoms with Crippen LogP contribution in [-0.2, 0) is 0 Å². The van der Waals surface area contributed by atoms with E-state index in [9.17, 15) is 4.79 Å². The molecular weight excluding hydrogens is 230 g/mol. The Morgan fingerprint density at radius 3 is 2.78 bits per heavy atom. The molecule has 2 heterocycles. The van der Waals surface area contributed by atoms with Crippen LogP contribution in [0.2, 0.25) is 0 Å². The van der Waals surface area contributed by atoms with E-state index in [0.29, 0.717) is 24.1 Å². The first-order chi connectivity index (χ1) is 8.66. The van der Waals surface area contributed by atoms with Crippen LogP contribution in [0.1, 0.15) is 30.3 Å². The first-order valence-electron chi connectivity index (χ1n) is 6.26. The van der Waals surface area contributed by atoms with Crippen molar-refractivity contribution in [2.45, 2.75) is 25.8 Å². The maximum Gasteiger partial charge on any atom is 0.271 e. The highest BCUT2D eigenvalue weighted by Crippen LogP contribution is 2.10. The van der Waals surface area contributed by atoms with Crippen LogP contribution in [0, 0.1) is 0 Å². The fourth-order valence-corrected chi connectivity index (χ4v) is 2.10. The third kappa shape index (κ3) is 3.16. The minimum absolute atomic E-state index is 0.200. The number of likely N-dealkylation sites (tertiary alicyclic amines) is 1. The lowest BCUT2D eigenvalue weighted by atomic mass is 10.3. The van der Waals surface area contributed by atoms with Crippen LogP contribution >= 0.6 is 0 Å². The van der Waals surface area contributed by atoms with Crippen molar-refractivity contribution in [3.8, 4) is 0 Å². The number of amides is 1. The van der Waals surface area contributed by atoms with Crippen LogP contribution < -0.4 is 11.1 Å². The van der Waals surface area contributed by atoms with Crippen LogP contribution in [0.15, 0.2) is 12.4 Å². The van der Waals surface area contributed by atoms with E-state index in [4.69, 9.17) is 5.73 Å². The molecule has 1 saturated heterocycles. The van der Waals surface area contributed by atoms with Gasteiger partial charge in [0, 0.05) is 12.6 Å². The zero-order valence-corrected chi connectivity index (χ0v) is 10.6. The molecule has 1 fully saturated rings. The Bertz CT molecular complexity index is 399. The maximum atomic E-state index is 11.8. The second kappa shape index (κ2) is 5.77. The molecule has 0 bridgehead atoms. The molecule has 1 amide bonds. The van der Waals surface area contributed by atoms with Crippen molar-refractivity contribution in [3.05, 3.63) is 18.1 Å². The summed E-state index contributed by atoms with van der Waals surface area (Å²) in [6.07, 6.45) is 5.29. The average molecular weight is 249 g/mol. The number of nitrogens with two attached hydrogens (primary N) is 1. The molecule has 0 aliphatic carbocycles. The van der Waals surface area contributed by atoms with E-state index in [-0.39, 0.29) is 5.91 Å². The summed E-state index contributed by atoms with van der Waals surface area (Å²) in [6, 6.07) is 0.359. The molecule has 0 aromatic carbocycles. The van der Waals surface area contributed by atoms with Crippen molar-refractivity contribution in [1.82, 2.24) is 20.2 Å². The third-order valence-corrected chi connectivity index (χ3v) is 3.23. The van der Waals surface area contributed by atoms with Crippen molar-refractivity contribution >= 4 is 11.7 Å². The smallest absolute Gasteiger partial charge is 0.271 e. The SMILES string of the molecule is CC(CNC(=O)c1cnc(N)cn1)N1CCCC1. The normalized spacial score (nSPS) is 17.6. The van der Waals surface area contributed by atoms with Crippen LogP contribution in [0.25, 0.3) is 0 Å². The van der Waals surface area contributed by atoms with Gasteiger partial charge in [0.05, 0.1) is 12.4 Å². The molecule has 1 aliphatic heterocycles. The van der Waals surface area contributed by atoms with E-state index in [1.54, 1.807) is 0 Å². The number of nitrogens with zero attached hydrogens (tertiary/aromatic N) is 3. The number of carbonyl (C=O) groups is 1. The fourth-order valence-electron chi connectivity index (χ4n) is 2.10. The molecule has 0 saturated carbocycles. The van der Waals surface area contributed by atoms with E-state index >= 15 is 0 Å². The Balaban J connectivity index is 1.82. The van der Waals surface area contributed by atoms with E-state index in [1.165, 1.54) is 25.2 Å². The summed E-state index contributed by atoms with van der Waals surface area (Å²) < 4.78 is 0. The summed E-state index contributed by atoms with van der Waals surface area (Å²) in [5.74, 6) is 0.116. The second-order valence-electron chi connectivity index (χ2n) is 4.63. The number of carbonyl (C=O) groups excluding carboxylic acids is 1. The minimum atomic E-state index is -0.200. The van der Waals surface area contributed by atoms with Gasteiger partial charge in [-0.15, -0.1) is 0 Å². The molecule has 0 radical (unpaired) electrons. The molecule has 1 unspecified atom stereocenters. The summed E-state index contributed by atoms with van der Waals surface area (Å²) in [5, 5.41) is 2.87. The van der Waals surface area contributed by atoms with Gasteiger partial charge in [-0.05, 0) is 32.9 Å². The number of anilines is 1. The lowest BCUT2D eigenvalue weighted by molar-refractivity contribution is 0.0935. The third-order valence-electron chi connectivity index (χ3n) is 3.23. The molecule has 1 aromatic heterocycles. The summed E-state index contributed by atoms with van der Waals surface area (Å²) in [6.45, 7) is 5.00. The van der Waals surface area contributed by atoms with E-state index < -0.39 is 0 Å². The first-order valence-corrected chi connectivity index (χ1v) is 6.26. The highest BCUT2D eigenvalue weighted by molar-refractivity contribution is 5.91. The van der Waals surface area contributed by atoms with Gasteiger partial charge in [-0.2, -0.15) is 0 Å². The Morgan fingerprint density at radius 1 is 1.44 bits per heavy atom. The summed E-state index contributed by atoms with van der Waals surface area (Å²) in [7, 11) is 0. The van der Waals surface area contributed by atoms with Crippen molar-refractivity contribution in [2.75, 3.05) is 25.4 Å². The number of nitrogen functional groups attached to an aromatic ring is 1. The molecule has 3 N–H and O–H groups in total. The lowest BCUT2D eigenvalue weighted by Crippen LogP contribution is -2.40. The van der Waals surface area contributed by atoms with Gasteiger partial charge in [-0.25, -0.2) is 9.97 Å². The molecular formula is C12H19N5O. The number of rotatable bonds is 4. The summed E-state index contributed by atoms with van der Waals surface area (Å²) in [5.41, 5.74) is 5.72. The molecule has 98 valence electrons. The number of aromatic nitrogens is 2. The van der Waals surface area contributed by atoms with Gasteiger partial charge in [0.2, 0.25) is 0 Å². The van der Waals surface area contributed by atoms with Gasteiger partial charge in [0.25, 0.3) is 5.91 Å². The highest BCUT2D eigenvalue weighted by atomic mass is 16.1. The van der Waals surface area contributed by atoms with Gasteiger partial charge in [0.1, 0.15) is 11.5 Å². The summed E-state index contributed by atoms with van der Waals surface area (Å²) >= 11 is 0. The van der Waals surface area contributed by atoms with Gasteiger partial charge in [-0.1, -0.05) is 0 Å². The second-order valence-corrected chi connectivity index (χ2v) is 4.63. The minimum Gasteiger partial charge on any atom is -0.382 e. The van der Waals surface area contributed by atoms with Crippen LogP contribution in [-0.4, -0.2) is 46.5 Å². The fraction of sp³-hybridized carbons (Fsp3) is 0.583. The Morgan fingerprint density at radius 2 is 2.17 bits per heavy atom. The number of hydrogen-bond acceptors (Lipinski definition) is 5. The highest BCUT2D eigenvalue weighted by Gasteiger charge is 2.18. The standard InChI is InChI=1S/C12H19N5O/c1-9(17-4-2-3-5-17)6-16-12(18)10-7-15-11(13)8-14-10/h7-9H,2-6H2,1H3,(H2,13,15)(H,16,18). The largest absolute Gasteiger partial charge is 0.382 e. The topological polar surface area (TPSA) is 84.1 Å². The molecule has 2 rings (SSSR count). The predicted molar refractivity (Wildman–Crippen MR) is 69.0 cm³/mol. The summed E-state index contributed by atoms with van der Waals surface area (Å²) in [4.78, 5) is 22.0. The van der Waals surface area contributed by atoms with Crippen molar-refractivity contribution < 1.29 is 4.79 Å². The van der Waals surface area contributed by atoms with Crippen LogP contribution in [0.5, 0.6) is 0 Å². The van der Waals surface area contributed by atoms with Gasteiger partial charge < -0.3 is 11.1 Å². The maximum absolute atomic E-state index is 11.8. The predicted octanol–water partition coefficient (Wildman–Crippen LogP) is 0.273. The Hall–Kier alpha value is -1.69. The Labute approximate surface area is 107 Å². The molecule has 18 heavy (non-hydrogen) atoms. The van der Waals surface area contributed by atoms with E-state index in [1.807, 2.05) is 0 Å². The van der Waals surface area contributed by atoms with Crippen molar-refractivity contribution in [1.29, 1.82) is 0 Å². The van der Waals surface area contributed by atoms with Crippen LogP contribution in [0.3, 0.4) is 0 Å². The molecule has 6 nitrogen and oxygen atoms in total. The first kappa shape index (κ1) is 12.8. The monoisotopic (exact) mass is 249 g/mol. The van der Waals surface area contributed by atoms with Crippen molar-refractivity contribution in [3.63, 3.8) is 0 Å². The van der Waals surface area contributed by atoms with Gasteiger partial charge >= 0.3 is 0 Å². The molecule has 1 atom stereocenters. The van der Waals surface area contributed by atoms with Gasteiger partial charge in [-0.3, -0.25) is 9.69 Å². The zero-order valence-electron chi connectivity index (χ0n) is 10.6. The Kier molecular flexibility index (Phi) is 4.09.